The molecule has 1 aromatic rings. The largest absolute Gasteiger partial charge is 0.352 e. The molecule has 25 heavy (non-hydrogen) atoms. The van der Waals surface area contributed by atoms with Crippen LogP contribution in [0.3, 0.4) is 0 Å². The molecule has 6 heteroatoms. The molecule has 2 amide bonds. The van der Waals surface area contributed by atoms with Crippen LogP contribution in [0.5, 0.6) is 0 Å². The van der Waals surface area contributed by atoms with Crippen LogP contribution in [0, 0.1) is 5.92 Å². The van der Waals surface area contributed by atoms with Crippen LogP contribution < -0.4 is 10.6 Å². The minimum absolute atomic E-state index is 0.111. The Bertz CT molecular complexity index is 599. The molecule has 2 aliphatic rings. The van der Waals surface area contributed by atoms with Crippen molar-refractivity contribution in [3.63, 3.8) is 0 Å². The first-order valence-corrected chi connectivity index (χ1v) is 11.5. The Labute approximate surface area is 157 Å². The number of rotatable bonds is 9. The van der Waals surface area contributed by atoms with Crippen LogP contribution in [-0.2, 0) is 16.1 Å². The summed E-state index contributed by atoms with van der Waals surface area (Å²) in [4.78, 5) is 23.8. The van der Waals surface area contributed by atoms with E-state index >= 15 is 0 Å². The summed E-state index contributed by atoms with van der Waals surface area (Å²) >= 11 is 0. The van der Waals surface area contributed by atoms with Gasteiger partial charge < -0.3 is 10.6 Å². The second kappa shape index (κ2) is 9.53. The Balaban J connectivity index is 1.33. The molecule has 0 radical (unpaired) electrons. The lowest BCUT2D eigenvalue weighted by atomic mass is 10.1. The standard InChI is InChI=1S/C19H26N2O2S2/c22-18(7-2-1-6-17-10-11-24-25-17)20-13-14-4-3-5-16(12-14)21-19(23)15-8-9-15/h3-5,12,15,17H,1-2,6-11,13H2,(H,20,22)(H,21,23)/t17-/m0/s1. The third kappa shape index (κ3) is 6.59. The van der Waals surface area contributed by atoms with Gasteiger partial charge in [-0.3, -0.25) is 9.59 Å². The van der Waals surface area contributed by atoms with Gasteiger partial charge in [0.1, 0.15) is 0 Å². The van der Waals surface area contributed by atoms with Crippen LogP contribution in [0.1, 0.15) is 50.5 Å². The summed E-state index contributed by atoms with van der Waals surface area (Å²) in [6.07, 6.45) is 7.24. The van der Waals surface area contributed by atoms with Gasteiger partial charge in [-0.15, -0.1) is 0 Å². The van der Waals surface area contributed by atoms with Crippen LogP contribution in [0.4, 0.5) is 5.69 Å². The molecule has 1 aliphatic carbocycles. The van der Waals surface area contributed by atoms with Crippen molar-refractivity contribution in [3.05, 3.63) is 29.8 Å². The maximum atomic E-state index is 12.0. The number of hydrogen-bond acceptors (Lipinski definition) is 4. The smallest absolute Gasteiger partial charge is 0.227 e. The van der Waals surface area contributed by atoms with Crippen LogP contribution in [0.15, 0.2) is 24.3 Å². The van der Waals surface area contributed by atoms with Gasteiger partial charge in [-0.05, 0) is 49.8 Å². The molecule has 1 aliphatic heterocycles. The molecule has 1 saturated carbocycles. The summed E-state index contributed by atoms with van der Waals surface area (Å²) in [6.45, 7) is 0.515. The van der Waals surface area contributed by atoms with Gasteiger partial charge in [0.15, 0.2) is 0 Å². The highest BCUT2D eigenvalue weighted by molar-refractivity contribution is 8.77. The molecule has 3 rings (SSSR count). The number of benzene rings is 1. The van der Waals surface area contributed by atoms with Gasteiger partial charge in [0, 0.05) is 35.6 Å². The van der Waals surface area contributed by atoms with Crippen LogP contribution in [0.25, 0.3) is 0 Å². The highest BCUT2D eigenvalue weighted by Crippen LogP contribution is 2.39. The highest BCUT2D eigenvalue weighted by Gasteiger charge is 2.29. The van der Waals surface area contributed by atoms with E-state index in [9.17, 15) is 9.59 Å². The summed E-state index contributed by atoms with van der Waals surface area (Å²) < 4.78 is 0. The van der Waals surface area contributed by atoms with Gasteiger partial charge in [-0.1, -0.05) is 40.1 Å². The fourth-order valence-electron chi connectivity index (χ4n) is 2.86. The predicted molar refractivity (Wildman–Crippen MR) is 107 cm³/mol. The normalized spacial score (nSPS) is 19.6. The van der Waals surface area contributed by atoms with E-state index in [2.05, 4.69) is 10.6 Å². The zero-order valence-corrected chi connectivity index (χ0v) is 16.1. The number of nitrogens with one attached hydrogen (secondary N) is 2. The van der Waals surface area contributed by atoms with Gasteiger partial charge in [0.2, 0.25) is 11.8 Å². The fraction of sp³-hybridized carbons (Fsp3) is 0.579. The van der Waals surface area contributed by atoms with Gasteiger partial charge in [-0.2, -0.15) is 0 Å². The van der Waals surface area contributed by atoms with Gasteiger partial charge >= 0.3 is 0 Å². The molecule has 1 atom stereocenters. The number of amides is 2. The summed E-state index contributed by atoms with van der Waals surface area (Å²) in [5, 5.41) is 6.72. The first-order valence-electron chi connectivity index (χ1n) is 9.15. The topological polar surface area (TPSA) is 58.2 Å². The molecule has 1 saturated heterocycles. The summed E-state index contributed by atoms with van der Waals surface area (Å²) in [5.74, 6) is 1.70. The predicted octanol–water partition coefficient (Wildman–Crippen LogP) is 4.37. The fourth-order valence-corrected chi connectivity index (χ4v) is 5.89. The van der Waals surface area contributed by atoms with E-state index in [-0.39, 0.29) is 17.7 Å². The van der Waals surface area contributed by atoms with E-state index in [1.54, 1.807) is 0 Å². The Kier molecular flexibility index (Phi) is 7.11. The molecule has 0 spiro atoms. The zero-order valence-electron chi connectivity index (χ0n) is 14.5. The second-order valence-corrected chi connectivity index (χ2v) is 9.60. The SMILES string of the molecule is O=C(CCCC[C@H]1CCSS1)NCc1cccc(NC(=O)C2CC2)c1. The van der Waals surface area contributed by atoms with Crippen molar-refractivity contribution < 1.29 is 9.59 Å². The van der Waals surface area contributed by atoms with Crippen molar-refractivity contribution in [3.8, 4) is 0 Å². The lowest BCUT2D eigenvalue weighted by Gasteiger charge is -2.09. The monoisotopic (exact) mass is 378 g/mol. The van der Waals surface area contributed by atoms with Crippen molar-refractivity contribution in [2.24, 2.45) is 5.92 Å². The highest BCUT2D eigenvalue weighted by atomic mass is 33.1. The van der Waals surface area contributed by atoms with Crippen molar-refractivity contribution in [2.45, 2.75) is 56.7 Å². The number of unbranched alkanes of at least 4 members (excludes halogenated alkanes) is 1. The molecule has 0 bridgehead atoms. The molecule has 2 fully saturated rings. The Morgan fingerprint density at radius 2 is 2.04 bits per heavy atom. The van der Waals surface area contributed by atoms with E-state index in [0.29, 0.717) is 13.0 Å². The number of anilines is 1. The van der Waals surface area contributed by atoms with Crippen molar-refractivity contribution in [1.29, 1.82) is 0 Å². The van der Waals surface area contributed by atoms with E-state index in [0.717, 1.165) is 42.2 Å². The Morgan fingerprint density at radius 1 is 1.16 bits per heavy atom. The zero-order chi connectivity index (χ0) is 17.5. The van der Waals surface area contributed by atoms with Gasteiger partial charge in [0.05, 0.1) is 0 Å². The van der Waals surface area contributed by atoms with E-state index in [1.807, 2.05) is 45.9 Å². The van der Waals surface area contributed by atoms with E-state index < -0.39 is 0 Å². The lowest BCUT2D eigenvalue weighted by molar-refractivity contribution is -0.121. The van der Waals surface area contributed by atoms with E-state index in [4.69, 9.17) is 0 Å². The van der Waals surface area contributed by atoms with E-state index in [1.165, 1.54) is 18.6 Å². The molecule has 0 unspecified atom stereocenters. The quantitative estimate of drug-likeness (QED) is 0.495. The maximum Gasteiger partial charge on any atom is 0.227 e. The Morgan fingerprint density at radius 3 is 2.80 bits per heavy atom. The minimum Gasteiger partial charge on any atom is -0.352 e. The average molecular weight is 379 g/mol. The maximum absolute atomic E-state index is 12.0. The summed E-state index contributed by atoms with van der Waals surface area (Å²) in [7, 11) is 3.98. The molecule has 2 N–H and O–H groups in total. The third-order valence-corrected chi connectivity index (χ3v) is 7.55. The first kappa shape index (κ1) is 18.6. The number of carbonyl (C=O) groups is 2. The first-order chi connectivity index (χ1) is 12.2. The number of carbonyl (C=O) groups excluding carboxylic acids is 2. The average Bonchev–Trinajstić information content (AvgIpc) is 3.34. The van der Waals surface area contributed by atoms with Gasteiger partial charge in [0.25, 0.3) is 0 Å². The molecular weight excluding hydrogens is 352 g/mol. The summed E-state index contributed by atoms with van der Waals surface area (Å²) in [6, 6.07) is 7.73. The number of hydrogen-bond donors (Lipinski definition) is 2. The summed E-state index contributed by atoms with van der Waals surface area (Å²) in [5.41, 5.74) is 1.83. The lowest BCUT2D eigenvalue weighted by Crippen LogP contribution is -2.22. The second-order valence-electron chi connectivity index (χ2n) is 6.82. The molecule has 4 nitrogen and oxygen atoms in total. The minimum atomic E-state index is 0.111. The molecule has 0 aromatic heterocycles. The molecule has 136 valence electrons. The van der Waals surface area contributed by atoms with Crippen LogP contribution in [-0.4, -0.2) is 22.8 Å². The van der Waals surface area contributed by atoms with Crippen molar-refractivity contribution in [2.75, 3.05) is 11.1 Å². The Hall–Kier alpha value is -1.14. The van der Waals surface area contributed by atoms with Crippen molar-refractivity contribution in [1.82, 2.24) is 5.32 Å². The van der Waals surface area contributed by atoms with Crippen molar-refractivity contribution >= 4 is 39.1 Å². The molecular formula is C19H26N2O2S2. The van der Waals surface area contributed by atoms with Crippen LogP contribution in [0.2, 0.25) is 0 Å². The van der Waals surface area contributed by atoms with Crippen LogP contribution >= 0.6 is 21.6 Å². The van der Waals surface area contributed by atoms with Gasteiger partial charge in [-0.25, -0.2) is 0 Å². The third-order valence-electron chi connectivity index (χ3n) is 4.54. The molecule has 1 heterocycles. The molecule has 1 aromatic carbocycles.